The Morgan fingerprint density at radius 2 is 2.17 bits per heavy atom. The van der Waals surface area contributed by atoms with Gasteiger partial charge in [0.15, 0.2) is 0 Å². The highest BCUT2D eigenvalue weighted by Gasteiger charge is 1.98. The summed E-state index contributed by atoms with van der Waals surface area (Å²) in [5, 5.41) is 12.0. The summed E-state index contributed by atoms with van der Waals surface area (Å²) in [6, 6.07) is 13.1. The Bertz CT molecular complexity index is 558. The average molecular weight is 239 g/mol. The number of aromatic nitrogens is 1. The molecule has 0 unspecified atom stereocenters. The molecule has 1 N–H and O–H groups in total. The number of hydrogen-bond acceptors (Lipinski definition) is 4. The molecule has 18 heavy (non-hydrogen) atoms. The van der Waals surface area contributed by atoms with Crippen LogP contribution >= 0.6 is 0 Å². The van der Waals surface area contributed by atoms with E-state index in [0.717, 1.165) is 11.4 Å². The van der Waals surface area contributed by atoms with Crippen molar-refractivity contribution in [1.29, 1.82) is 5.26 Å². The summed E-state index contributed by atoms with van der Waals surface area (Å²) in [5.41, 5.74) is 2.34. The first-order valence-corrected chi connectivity index (χ1v) is 5.68. The number of rotatable bonds is 4. The van der Waals surface area contributed by atoms with Crippen molar-refractivity contribution < 1.29 is 4.74 Å². The van der Waals surface area contributed by atoms with Gasteiger partial charge in [-0.05, 0) is 31.2 Å². The van der Waals surface area contributed by atoms with Crippen LogP contribution in [0, 0.1) is 11.3 Å². The molecule has 90 valence electrons. The maximum atomic E-state index is 8.82. The molecule has 4 heteroatoms. The zero-order valence-corrected chi connectivity index (χ0v) is 10.1. The second-order valence-electron chi connectivity index (χ2n) is 3.64. The Labute approximate surface area is 106 Å². The summed E-state index contributed by atoms with van der Waals surface area (Å²) >= 11 is 0. The summed E-state index contributed by atoms with van der Waals surface area (Å²) in [7, 11) is 0. The topological polar surface area (TPSA) is 57.9 Å². The Morgan fingerprint density at radius 3 is 2.83 bits per heavy atom. The highest BCUT2D eigenvalue weighted by molar-refractivity contribution is 5.60. The molecule has 2 rings (SSSR count). The fourth-order valence-corrected chi connectivity index (χ4v) is 1.52. The smallest absolute Gasteiger partial charge is 0.213 e. The highest BCUT2D eigenvalue weighted by atomic mass is 16.5. The molecule has 0 saturated carbocycles. The van der Waals surface area contributed by atoms with E-state index >= 15 is 0 Å². The Hall–Kier alpha value is -2.54. The first kappa shape index (κ1) is 11.9. The van der Waals surface area contributed by atoms with E-state index in [2.05, 4.69) is 16.4 Å². The maximum absolute atomic E-state index is 8.82. The lowest BCUT2D eigenvalue weighted by Crippen LogP contribution is -1.95. The molecule has 0 radical (unpaired) electrons. The van der Waals surface area contributed by atoms with Crippen LogP contribution < -0.4 is 10.1 Å². The van der Waals surface area contributed by atoms with Crippen molar-refractivity contribution in [1.82, 2.24) is 4.98 Å². The van der Waals surface area contributed by atoms with Crippen molar-refractivity contribution in [2.75, 3.05) is 11.9 Å². The first-order valence-electron chi connectivity index (χ1n) is 5.68. The number of nitriles is 1. The molecule has 0 aliphatic rings. The molecule has 1 aromatic carbocycles. The number of nitrogens with one attached hydrogen (secondary N) is 1. The van der Waals surface area contributed by atoms with Gasteiger partial charge < -0.3 is 10.1 Å². The van der Waals surface area contributed by atoms with Gasteiger partial charge in [0.25, 0.3) is 0 Å². The molecule has 0 saturated heterocycles. The molecule has 0 aliphatic heterocycles. The van der Waals surface area contributed by atoms with Crippen LogP contribution in [0.1, 0.15) is 12.5 Å². The minimum absolute atomic E-state index is 0.601. The normalized spacial score (nSPS) is 9.56. The Morgan fingerprint density at radius 1 is 1.28 bits per heavy atom. The molecular weight excluding hydrogens is 226 g/mol. The van der Waals surface area contributed by atoms with Crippen LogP contribution in [0.5, 0.6) is 5.88 Å². The van der Waals surface area contributed by atoms with Crippen LogP contribution in [0.3, 0.4) is 0 Å². The third-order valence-electron chi connectivity index (χ3n) is 2.31. The number of benzene rings is 1. The summed E-state index contributed by atoms with van der Waals surface area (Å²) in [5.74, 6) is 0.605. The summed E-state index contributed by atoms with van der Waals surface area (Å²) in [4.78, 5) is 4.16. The zero-order chi connectivity index (χ0) is 12.8. The molecule has 4 nitrogen and oxygen atoms in total. The largest absolute Gasteiger partial charge is 0.478 e. The van der Waals surface area contributed by atoms with Gasteiger partial charge in [-0.15, -0.1) is 0 Å². The van der Waals surface area contributed by atoms with Crippen LogP contribution in [-0.4, -0.2) is 11.6 Å². The molecule has 0 atom stereocenters. The van der Waals surface area contributed by atoms with E-state index in [1.54, 1.807) is 24.4 Å². The van der Waals surface area contributed by atoms with E-state index in [0.29, 0.717) is 18.1 Å². The lowest BCUT2D eigenvalue weighted by molar-refractivity contribution is 0.327. The standard InChI is InChI=1S/C14H13N3O/c1-2-18-14-7-6-13(10-16-14)17-12-5-3-4-11(8-12)9-15/h3-8,10,17H,2H2,1H3. The van der Waals surface area contributed by atoms with E-state index < -0.39 is 0 Å². The Balaban J connectivity index is 2.11. The van der Waals surface area contributed by atoms with Crippen LogP contribution in [0.15, 0.2) is 42.6 Å². The van der Waals surface area contributed by atoms with Gasteiger partial charge in [0, 0.05) is 11.8 Å². The summed E-state index contributed by atoms with van der Waals surface area (Å²) in [6.45, 7) is 2.52. The maximum Gasteiger partial charge on any atom is 0.213 e. The Kier molecular flexibility index (Phi) is 3.77. The van der Waals surface area contributed by atoms with Gasteiger partial charge in [-0.25, -0.2) is 4.98 Å². The average Bonchev–Trinajstić information content (AvgIpc) is 2.42. The monoisotopic (exact) mass is 239 g/mol. The summed E-state index contributed by atoms with van der Waals surface area (Å²) < 4.78 is 5.27. The lowest BCUT2D eigenvalue weighted by Gasteiger charge is -2.07. The predicted molar refractivity (Wildman–Crippen MR) is 69.8 cm³/mol. The van der Waals surface area contributed by atoms with Crippen molar-refractivity contribution in [2.45, 2.75) is 6.92 Å². The minimum atomic E-state index is 0.601. The van der Waals surface area contributed by atoms with Gasteiger partial charge in [0.2, 0.25) is 5.88 Å². The molecule has 1 heterocycles. The van der Waals surface area contributed by atoms with E-state index in [-0.39, 0.29) is 0 Å². The van der Waals surface area contributed by atoms with E-state index in [1.165, 1.54) is 0 Å². The van der Waals surface area contributed by atoms with Gasteiger partial charge in [-0.3, -0.25) is 0 Å². The van der Waals surface area contributed by atoms with Crippen molar-refractivity contribution in [3.63, 3.8) is 0 Å². The second-order valence-corrected chi connectivity index (χ2v) is 3.64. The third-order valence-corrected chi connectivity index (χ3v) is 2.31. The van der Waals surface area contributed by atoms with Crippen molar-refractivity contribution in [3.05, 3.63) is 48.2 Å². The molecule has 2 aromatic rings. The van der Waals surface area contributed by atoms with E-state index in [1.807, 2.05) is 25.1 Å². The van der Waals surface area contributed by atoms with E-state index in [4.69, 9.17) is 10.00 Å². The lowest BCUT2D eigenvalue weighted by atomic mass is 10.2. The van der Waals surface area contributed by atoms with Gasteiger partial charge in [-0.2, -0.15) is 5.26 Å². The van der Waals surface area contributed by atoms with Crippen LogP contribution in [0.25, 0.3) is 0 Å². The number of anilines is 2. The quantitative estimate of drug-likeness (QED) is 0.890. The van der Waals surface area contributed by atoms with Gasteiger partial charge >= 0.3 is 0 Å². The fraction of sp³-hybridized carbons (Fsp3) is 0.143. The van der Waals surface area contributed by atoms with Crippen molar-refractivity contribution >= 4 is 11.4 Å². The molecule has 1 aromatic heterocycles. The zero-order valence-electron chi connectivity index (χ0n) is 10.1. The van der Waals surface area contributed by atoms with Crippen molar-refractivity contribution in [3.8, 4) is 11.9 Å². The molecular formula is C14H13N3O. The van der Waals surface area contributed by atoms with Gasteiger partial charge in [-0.1, -0.05) is 6.07 Å². The SMILES string of the molecule is CCOc1ccc(Nc2cccc(C#N)c2)cn1. The van der Waals surface area contributed by atoms with Crippen molar-refractivity contribution in [2.24, 2.45) is 0 Å². The number of pyridine rings is 1. The minimum Gasteiger partial charge on any atom is -0.478 e. The molecule has 0 amide bonds. The molecule has 0 aliphatic carbocycles. The van der Waals surface area contributed by atoms with Gasteiger partial charge in [0.1, 0.15) is 0 Å². The van der Waals surface area contributed by atoms with Crippen LogP contribution in [0.4, 0.5) is 11.4 Å². The molecule has 0 fully saturated rings. The predicted octanol–water partition coefficient (Wildman–Crippen LogP) is 3.10. The summed E-state index contributed by atoms with van der Waals surface area (Å²) in [6.07, 6.45) is 1.70. The number of nitrogens with zero attached hydrogens (tertiary/aromatic N) is 2. The fourth-order valence-electron chi connectivity index (χ4n) is 1.52. The number of hydrogen-bond donors (Lipinski definition) is 1. The second kappa shape index (κ2) is 5.69. The third kappa shape index (κ3) is 2.98. The van der Waals surface area contributed by atoms with Crippen LogP contribution in [-0.2, 0) is 0 Å². The van der Waals surface area contributed by atoms with Gasteiger partial charge in [0.05, 0.1) is 30.1 Å². The van der Waals surface area contributed by atoms with Crippen LogP contribution in [0.2, 0.25) is 0 Å². The van der Waals surface area contributed by atoms with E-state index in [9.17, 15) is 0 Å². The number of ether oxygens (including phenoxy) is 1. The highest BCUT2D eigenvalue weighted by Crippen LogP contribution is 2.18. The first-order chi connectivity index (χ1) is 8.81. The molecule has 0 spiro atoms. The molecule has 0 bridgehead atoms.